The van der Waals surface area contributed by atoms with Gasteiger partial charge in [-0.1, -0.05) is 37.3 Å². The van der Waals surface area contributed by atoms with Crippen LogP contribution in [0.2, 0.25) is 0 Å². The van der Waals surface area contributed by atoms with E-state index in [9.17, 15) is 0 Å². The highest BCUT2D eigenvalue weighted by molar-refractivity contribution is 7.12. The van der Waals surface area contributed by atoms with E-state index in [1.807, 2.05) is 20.8 Å². The van der Waals surface area contributed by atoms with E-state index in [0.29, 0.717) is 16.7 Å². The minimum absolute atomic E-state index is 0.129. The summed E-state index contributed by atoms with van der Waals surface area (Å²) >= 11 is 1.39. The van der Waals surface area contributed by atoms with Crippen molar-refractivity contribution in [2.75, 3.05) is 0 Å². The third kappa shape index (κ3) is 1.65. The first kappa shape index (κ1) is 9.26. The Morgan fingerprint density at radius 2 is 2.14 bits per heavy atom. The van der Waals surface area contributed by atoms with E-state index in [1.54, 1.807) is 5.51 Å². The second-order valence-corrected chi connectivity index (χ2v) is 4.75. The van der Waals surface area contributed by atoms with E-state index in [2.05, 4.69) is 20.3 Å². The molecule has 0 aliphatic heterocycles. The molecule has 0 N–H and O–H groups in total. The smallest absolute Gasteiger partial charge is 0.233 e. The fourth-order valence-electron chi connectivity index (χ4n) is 0.885. The van der Waals surface area contributed by atoms with Gasteiger partial charge in [0, 0.05) is 5.41 Å². The van der Waals surface area contributed by atoms with E-state index in [1.165, 1.54) is 11.3 Å². The van der Waals surface area contributed by atoms with Gasteiger partial charge in [0.15, 0.2) is 5.01 Å². The van der Waals surface area contributed by atoms with E-state index >= 15 is 0 Å². The van der Waals surface area contributed by atoms with Crippen molar-refractivity contribution in [2.45, 2.75) is 26.2 Å². The number of hydrogen-bond donors (Lipinski definition) is 0. The van der Waals surface area contributed by atoms with Crippen molar-refractivity contribution in [1.82, 2.24) is 20.3 Å². The minimum Gasteiger partial charge on any atom is -0.338 e. The first-order chi connectivity index (χ1) is 6.57. The topological polar surface area (TPSA) is 64.7 Å². The van der Waals surface area contributed by atoms with Crippen LogP contribution in [0.1, 0.15) is 26.7 Å². The normalized spacial score (nSPS) is 11.9. The van der Waals surface area contributed by atoms with Gasteiger partial charge in [-0.2, -0.15) is 4.98 Å². The Labute approximate surface area is 85.2 Å². The van der Waals surface area contributed by atoms with Crippen LogP contribution >= 0.6 is 11.3 Å². The molecule has 0 aromatic carbocycles. The molecule has 0 saturated heterocycles. The predicted molar refractivity (Wildman–Crippen MR) is 51.9 cm³/mol. The summed E-state index contributed by atoms with van der Waals surface area (Å²) in [5.41, 5.74) is 1.51. The highest BCUT2D eigenvalue weighted by atomic mass is 32.1. The van der Waals surface area contributed by atoms with Crippen LogP contribution < -0.4 is 0 Å². The molecule has 74 valence electrons. The molecule has 0 aliphatic carbocycles. The van der Waals surface area contributed by atoms with Gasteiger partial charge < -0.3 is 4.52 Å². The van der Waals surface area contributed by atoms with Crippen molar-refractivity contribution < 1.29 is 4.52 Å². The number of aromatic nitrogens is 4. The first-order valence-corrected chi connectivity index (χ1v) is 5.06. The molecule has 0 unspecified atom stereocenters. The summed E-state index contributed by atoms with van der Waals surface area (Å²) in [5, 5.41) is 12.1. The number of hydrogen-bond acceptors (Lipinski definition) is 6. The first-order valence-electron chi connectivity index (χ1n) is 4.18. The Bertz CT molecular complexity index is 415. The van der Waals surface area contributed by atoms with Gasteiger partial charge in [0.25, 0.3) is 0 Å². The quantitative estimate of drug-likeness (QED) is 0.719. The molecule has 0 fully saturated rings. The molecule has 0 aliphatic rings. The Morgan fingerprint density at radius 3 is 2.64 bits per heavy atom. The van der Waals surface area contributed by atoms with E-state index in [0.717, 1.165) is 0 Å². The van der Waals surface area contributed by atoms with Crippen LogP contribution in [-0.4, -0.2) is 20.3 Å². The second kappa shape index (κ2) is 3.13. The van der Waals surface area contributed by atoms with E-state index < -0.39 is 0 Å². The summed E-state index contributed by atoms with van der Waals surface area (Å²) < 4.78 is 5.13. The average molecular weight is 210 g/mol. The molecule has 0 saturated carbocycles. The Kier molecular flexibility index (Phi) is 2.07. The van der Waals surface area contributed by atoms with Crippen LogP contribution in [0.5, 0.6) is 0 Å². The SMILES string of the molecule is CC(C)(C)c1nc(-c2nncs2)no1. The molecule has 6 heteroatoms. The van der Waals surface area contributed by atoms with Crippen LogP contribution in [0.15, 0.2) is 10.0 Å². The average Bonchev–Trinajstić information content (AvgIpc) is 2.73. The van der Waals surface area contributed by atoms with Gasteiger partial charge in [-0.05, 0) is 0 Å². The highest BCUT2D eigenvalue weighted by Crippen LogP contribution is 2.23. The molecule has 14 heavy (non-hydrogen) atoms. The lowest BCUT2D eigenvalue weighted by Gasteiger charge is -2.10. The monoisotopic (exact) mass is 210 g/mol. The number of rotatable bonds is 1. The summed E-state index contributed by atoms with van der Waals surface area (Å²) in [6.07, 6.45) is 0. The predicted octanol–water partition coefficient (Wildman–Crippen LogP) is 1.89. The van der Waals surface area contributed by atoms with Crippen molar-refractivity contribution in [3.8, 4) is 10.8 Å². The Hall–Kier alpha value is -1.30. The third-order valence-corrected chi connectivity index (χ3v) is 2.31. The molecular weight excluding hydrogens is 200 g/mol. The summed E-state index contributed by atoms with van der Waals surface area (Å²) in [6.45, 7) is 6.05. The molecule has 2 rings (SSSR count). The molecule has 0 bridgehead atoms. The van der Waals surface area contributed by atoms with Crippen LogP contribution in [0.3, 0.4) is 0 Å². The third-order valence-electron chi connectivity index (χ3n) is 1.62. The zero-order valence-electron chi connectivity index (χ0n) is 8.18. The summed E-state index contributed by atoms with van der Waals surface area (Å²) in [4.78, 5) is 4.25. The van der Waals surface area contributed by atoms with E-state index in [-0.39, 0.29) is 5.41 Å². The van der Waals surface area contributed by atoms with Crippen molar-refractivity contribution in [1.29, 1.82) is 0 Å². The molecule has 5 nitrogen and oxygen atoms in total. The molecule has 0 amide bonds. The van der Waals surface area contributed by atoms with Crippen molar-refractivity contribution in [2.24, 2.45) is 0 Å². The van der Waals surface area contributed by atoms with Crippen molar-refractivity contribution in [3.05, 3.63) is 11.4 Å². The standard InChI is InChI=1S/C8H10N4OS/c1-8(2,3)7-10-5(12-13-7)6-11-9-4-14-6/h4H,1-3H3. The highest BCUT2D eigenvalue weighted by Gasteiger charge is 2.22. The zero-order chi connectivity index (χ0) is 10.2. The van der Waals surface area contributed by atoms with Gasteiger partial charge in [-0.3, -0.25) is 0 Å². The zero-order valence-corrected chi connectivity index (χ0v) is 9.00. The molecule has 2 heterocycles. The number of nitrogens with zero attached hydrogens (tertiary/aromatic N) is 4. The summed E-state index contributed by atoms with van der Waals surface area (Å²) in [7, 11) is 0. The Morgan fingerprint density at radius 1 is 1.36 bits per heavy atom. The molecule has 0 atom stereocenters. The summed E-state index contributed by atoms with van der Waals surface area (Å²) in [6, 6.07) is 0. The fraction of sp³-hybridized carbons (Fsp3) is 0.500. The Balaban J connectivity index is 2.36. The second-order valence-electron chi connectivity index (χ2n) is 3.92. The maximum Gasteiger partial charge on any atom is 0.233 e. The molecule has 0 spiro atoms. The van der Waals surface area contributed by atoms with Gasteiger partial charge in [0.1, 0.15) is 5.51 Å². The molecular formula is C8H10N4OS. The van der Waals surface area contributed by atoms with Crippen molar-refractivity contribution in [3.63, 3.8) is 0 Å². The van der Waals surface area contributed by atoms with Crippen molar-refractivity contribution >= 4 is 11.3 Å². The maximum atomic E-state index is 5.13. The van der Waals surface area contributed by atoms with Crippen LogP contribution in [0, 0.1) is 0 Å². The van der Waals surface area contributed by atoms with Crippen LogP contribution in [0.25, 0.3) is 10.8 Å². The van der Waals surface area contributed by atoms with Crippen LogP contribution in [0.4, 0.5) is 0 Å². The van der Waals surface area contributed by atoms with Gasteiger partial charge >= 0.3 is 0 Å². The maximum absolute atomic E-state index is 5.13. The lowest BCUT2D eigenvalue weighted by molar-refractivity contribution is 0.321. The lowest BCUT2D eigenvalue weighted by atomic mass is 9.97. The fourth-order valence-corrected chi connectivity index (χ4v) is 1.36. The van der Waals surface area contributed by atoms with Gasteiger partial charge in [0.05, 0.1) is 0 Å². The molecule has 0 radical (unpaired) electrons. The minimum atomic E-state index is -0.129. The summed E-state index contributed by atoms with van der Waals surface area (Å²) in [5.74, 6) is 1.13. The van der Waals surface area contributed by atoms with E-state index in [4.69, 9.17) is 4.52 Å². The van der Waals surface area contributed by atoms with Gasteiger partial charge in [-0.25, -0.2) is 0 Å². The lowest BCUT2D eigenvalue weighted by Crippen LogP contribution is -2.11. The van der Waals surface area contributed by atoms with Gasteiger partial charge in [-0.15, -0.1) is 10.2 Å². The molecule has 2 aromatic rings. The largest absolute Gasteiger partial charge is 0.338 e. The molecule has 2 aromatic heterocycles. The van der Waals surface area contributed by atoms with Gasteiger partial charge in [0.2, 0.25) is 11.7 Å². The van der Waals surface area contributed by atoms with Crippen LogP contribution in [-0.2, 0) is 5.41 Å².